The lowest BCUT2D eigenvalue weighted by molar-refractivity contribution is -0.145. The first-order valence-corrected chi connectivity index (χ1v) is 9.01. The molecule has 0 saturated heterocycles. The lowest BCUT2D eigenvalue weighted by Gasteiger charge is -2.13. The number of ether oxygens (including phenoxy) is 2. The Morgan fingerprint density at radius 3 is 2.45 bits per heavy atom. The summed E-state index contributed by atoms with van der Waals surface area (Å²) in [5.41, 5.74) is 2.12. The maximum atomic E-state index is 12.6. The van der Waals surface area contributed by atoms with Crippen LogP contribution in [0.25, 0.3) is 0 Å². The third-order valence-electron chi connectivity index (χ3n) is 4.44. The van der Waals surface area contributed by atoms with E-state index in [1.807, 2.05) is 0 Å². The van der Waals surface area contributed by atoms with Gasteiger partial charge in [0.25, 0.3) is 5.91 Å². The number of hydrogen-bond acceptors (Lipinski definition) is 6. The molecule has 8 heteroatoms. The summed E-state index contributed by atoms with van der Waals surface area (Å²) in [5.74, 6) is -1.32. The van der Waals surface area contributed by atoms with Gasteiger partial charge in [0.1, 0.15) is 12.3 Å². The van der Waals surface area contributed by atoms with Crippen LogP contribution in [0, 0.1) is 13.8 Å². The Balaban J connectivity index is 1.96. The van der Waals surface area contributed by atoms with Gasteiger partial charge in [-0.25, -0.2) is 0 Å². The Bertz CT molecular complexity index is 960. The minimum Gasteiger partial charge on any atom is -0.497 e. The topological polar surface area (TPSA) is 115 Å². The molecule has 0 aliphatic heterocycles. The number of Topliss-reactive ketones (excluding diaryl/α,β-unsaturated/α-hetero) is 2. The van der Waals surface area contributed by atoms with E-state index in [1.165, 1.54) is 27.0 Å². The molecule has 1 aromatic carbocycles. The van der Waals surface area contributed by atoms with Crippen LogP contribution >= 0.6 is 0 Å². The van der Waals surface area contributed by atoms with Crippen molar-refractivity contribution < 1.29 is 28.7 Å². The Labute approximate surface area is 168 Å². The van der Waals surface area contributed by atoms with Crippen molar-refractivity contribution in [2.45, 2.75) is 33.8 Å². The molecule has 0 spiro atoms. The predicted molar refractivity (Wildman–Crippen MR) is 105 cm³/mol. The molecule has 2 aromatic rings. The van der Waals surface area contributed by atoms with E-state index in [4.69, 9.17) is 9.47 Å². The fourth-order valence-electron chi connectivity index (χ4n) is 3.04. The van der Waals surface area contributed by atoms with Gasteiger partial charge in [-0.2, -0.15) is 0 Å². The van der Waals surface area contributed by atoms with Crippen LogP contribution in [0.2, 0.25) is 0 Å². The van der Waals surface area contributed by atoms with Crippen molar-refractivity contribution in [3.05, 3.63) is 52.3 Å². The number of ketones is 2. The molecule has 8 nitrogen and oxygen atoms in total. The molecule has 0 fully saturated rings. The van der Waals surface area contributed by atoms with Crippen LogP contribution in [0.1, 0.15) is 56.3 Å². The number of aryl methyl sites for hydroxylation is 1. The summed E-state index contributed by atoms with van der Waals surface area (Å²) in [6, 6.07) is 6.47. The number of aromatic amines is 1. The molecule has 154 valence electrons. The van der Waals surface area contributed by atoms with E-state index in [0.29, 0.717) is 28.1 Å². The molecule has 0 aliphatic carbocycles. The number of nitrogens with one attached hydrogen (secondary N) is 2. The van der Waals surface area contributed by atoms with Gasteiger partial charge in [0, 0.05) is 16.8 Å². The average molecular weight is 400 g/mol. The Kier molecular flexibility index (Phi) is 6.93. The van der Waals surface area contributed by atoms with Gasteiger partial charge in [-0.05, 0) is 51.5 Å². The number of carbonyl (C=O) groups excluding carboxylic acids is 4. The van der Waals surface area contributed by atoms with E-state index in [9.17, 15) is 19.2 Å². The zero-order valence-electron chi connectivity index (χ0n) is 17.0. The molecule has 1 amide bonds. The molecular formula is C21H24N2O6. The third-order valence-corrected chi connectivity index (χ3v) is 4.44. The number of benzene rings is 1. The standard InChI is InChI=1S/C21H24N2O6/c1-11-18(13(3)24)12(2)23-19(11)20(26)14(4)29-17(25)10-22-21(27)15-7-6-8-16(9-15)28-5/h6-9,14,23H,10H2,1-5H3,(H,22,27)/t14-/m0/s1. The summed E-state index contributed by atoms with van der Waals surface area (Å²) >= 11 is 0. The molecule has 0 radical (unpaired) electrons. The van der Waals surface area contributed by atoms with E-state index in [0.717, 1.165) is 0 Å². The van der Waals surface area contributed by atoms with Crippen LogP contribution in [0.15, 0.2) is 24.3 Å². The maximum Gasteiger partial charge on any atom is 0.326 e. The molecule has 1 atom stereocenters. The Morgan fingerprint density at radius 2 is 1.86 bits per heavy atom. The average Bonchev–Trinajstić information content (AvgIpc) is 2.99. The minimum atomic E-state index is -1.08. The highest BCUT2D eigenvalue weighted by Gasteiger charge is 2.26. The number of hydrogen-bond donors (Lipinski definition) is 2. The van der Waals surface area contributed by atoms with Gasteiger partial charge in [-0.1, -0.05) is 6.07 Å². The van der Waals surface area contributed by atoms with Crippen LogP contribution in [-0.4, -0.2) is 48.2 Å². The largest absolute Gasteiger partial charge is 0.497 e. The second-order valence-corrected chi connectivity index (χ2v) is 6.59. The van der Waals surface area contributed by atoms with Gasteiger partial charge in [-0.15, -0.1) is 0 Å². The molecule has 1 heterocycles. The number of esters is 1. The van der Waals surface area contributed by atoms with Crippen LogP contribution in [0.3, 0.4) is 0 Å². The summed E-state index contributed by atoms with van der Waals surface area (Å²) in [5, 5.41) is 2.44. The highest BCUT2D eigenvalue weighted by atomic mass is 16.5. The summed E-state index contributed by atoms with van der Waals surface area (Å²) in [7, 11) is 1.49. The molecule has 0 unspecified atom stereocenters. The lowest BCUT2D eigenvalue weighted by Crippen LogP contribution is -2.34. The normalized spacial score (nSPS) is 11.5. The van der Waals surface area contributed by atoms with Crippen molar-refractivity contribution in [2.24, 2.45) is 0 Å². The fraction of sp³-hybridized carbons (Fsp3) is 0.333. The lowest BCUT2D eigenvalue weighted by atomic mass is 10.0. The van der Waals surface area contributed by atoms with Crippen molar-refractivity contribution in [1.29, 1.82) is 0 Å². The first-order valence-electron chi connectivity index (χ1n) is 9.01. The van der Waals surface area contributed by atoms with Crippen LogP contribution < -0.4 is 10.1 Å². The van der Waals surface area contributed by atoms with Crippen LogP contribution in [-0.2, 0) is 9.53 Å². The molecule has 0 saturated carbocycles. The number of amides is 1. The minimum absolute atomic E-state index is 0.153. The Hall–Kier alpha value is -3.42. The van der Waals surface area contributed by atoms with Crippen molar-refractivity contribution in [2.75, 3.05) is 13.7 Å². The summed E-state index contributed by atoms with van der Waals surface area (Å²) in [4.78, 5) is 51.4. The van der Waals surface area contributed by atoms with Gasteiger partial charge in [0.15, 0.2) is 11.9 Å². The van der Waals surface area contributed by atoms with E-state index >= 15 is 0 Å². The van der Waals surface area contributed by atoms with Gasteiger partial charge < -0.3 is 19.8 Å². The predicted octanol–water partition coefficient (Wildman–Crippen LogP) is 2.39. The molecule has 0 aliphatic rings. The SMILES string of the molecule is COc1cccc(C(=O)NCC(=O)O[C@@H](C)C(=O)c2[nH]c(C)c(C(C)=O)c2C)c1. The van der Waals surface area contributed by atoms with Crippen molar-refractivity contribution >= 4 is 23.4 Å². The maximum absolute atomic E-state index is 12.6. The molecule has 0 bridgehead atoms. The monoisotopic (exact) mass is 400 g/mol. The Morgan fingerprint density at radius 1 is 1.17 bits per heavy atom. The quantitative estimate of drug-likeness (QED) is 0.519. The first-order chi connectivity index (χ1) is 13.6. The zero-order chi connectivity index (χ0) is 21.7. The van der Waals surface area contributed by atoms with Crippen LogP contribution in [0.5, 0.6) is 5.75 Å². The van der Waals surface area contributed by atoms with Gasteiger partial charge >= 0.3 is 5.97 Å². The summed E-state index contributed by atoms with van der Waals surface area (Å²) < 4.78 is 10.2. The summed E-state index contributed by atoms with van der Waals surface area (Å²) in [6.45, 7) is 5.83. The van der Waals surface area contributed by atoms with E-state index in [2.05, 4.69) is 10.3 Å². The van der Waals surface area contributed by atoms with Crippen molar-refractivity contribution in [3.8, 4) is 5.75 Å². The van der Waals surface area contributed by atoms with Gasteiger partial charge in [0.2, 0.25) is 5.78 Å². The van der Waals surface area contributed by atoms with E-state index in [-0.39, 0.29) is 11.5 Å². The molecule has 29 heavy (non-hydrogen) atoms. The van der Waals surface area contributed by atoms with E-state index < -0.39 is 30.3 Å². The summed E-state index contributed by atoms with van der Waals surface area (Å²) in [6.07, 6.45) is -1.08. The molecular weight excluding hydrogens is 376 g/mol. The smallest absolute Gasteiger partial charge is 0.326 e. The van der Waals surface area contributed by atoms with Crippen molar-refractivity contribution in [1.82, 2.24) is 10.3 Å². The second kappa shape index (κ2) is 9.18. The highest BCUT2D eigenvalue weighted by molar-refractivity contribution is 6.05. The van der Waals surface area contributed by atoms with E-state index in [1.54, 1.807) is 32.0 Å². The first kappa shape index (κ1) is 21.9. The highest BCUT2D eigenvalue weighted by Crippen LogP contribution is 2.20. The number of methoxy groups -OCH3 is 1. The van der Waals surface area contributed by atoms with Crippen LogP contribution in [0.4, 0.5) is 0 Å². The van der Waals surface area contributed by atoms with Gasteiger partial charge in [-0.3, -0.25) is 19.2 Å². The number of carbonyl (C=O) groups is 4. The fourth-order valence-corrected chi connectivity index (χ4v) is 3.04. The van der Waals surface area contributed by atoms with Crippen molar-refractivity contribution in [3.63, 3.8) is 0 Å². The molecule has 1 aromatic heterocycles. The molecule has 2 N–H and O–H groups in total. The second-order valence-electron chi connectivity index (χ2n) is 6.59. The number of H-pyrrole nitrogens is 1. The van der Waals surface area contributed by atoms with Gasteiger partial charge in [0.05, 0.1) is 12.8 Å². The molecule has 2 rings (SSSR count). The zero-order valence-corrected chi connectivity index (χ0v) is 17.0. The number of aromatic nitrogens is 1. The third kappa shape index (κ3) is 5.10. The number of rotatable bonds is 8.